The Bertz CT molecular complexity index is 2030. The van der Waals surface area contributed by atoms with Crippen molar-refractivity contribution < 1.29 is 4.42 Å². The van der Waals surface area contributed by atoms with Gasteiger partial charge in [-0.2, -0.15) is 0 Å². The van der Waals surface area contributed by atoms with E-state index in [1.165, 1.54) is 38.1 Å². The van der Waals surface area contributed by atoms with Gasteiger partial charge in [-0.15, -0.1) is 0 Å². The van der Waals surface area contributed by atoms with E-state index in [4.69, 9.17) is 9.41 Å². The largest absolute Gasteiger partial charge is 0.438 e. The topological polar surface area (TPSA) is 30.4 Å². The zero-order valence-corrected chi connectivity index (χ0v) is 21.1. The van der Waals surface area contributed by atoms with E-state index in [0.29, 0.717) is 0 Å². The highest BCUT2D eigenvalue weighted by Crippen LogP contribution is 2.50. The molecule has 2 unspecified atom stereocenters. The molecule has 0 saturated carbocycles. The van der Waals surface area contributed by atoms with Crippen LogP contribution in [0.4, 0.5) is 5.88 Å². The molecule has 8 rings (SSSR count). The number of benzene rings is 5. The SMILES string of the molecule is CCC1C(c2ccccc2)=Nc2oc3ccccc3c2C1n1c2ccccc2c2cc3ccccc3cc21. The lowest BCUT2D eigenvalue weighted by Gasteiger charge is -2.33. The number of fused-ring (bicyclic) bond motifs is 7. The molecule has 0 radical (unpaired) electrons. The molecule has 3 nitrogen and oxygen atoms in total. The van der Waals surface area contributed by atoms with E-state index < -0.39 is 0 Å². The van der Waals surface area contributed by atoms with Gasteiger partial charge in [0.2, 0.25) is 5.88 Å². The van der Waals surface area contributed by atoms with Crippen LogP contribution in [-0.2, 0) is 0 Å². The van der Waals surface area contributed by atoms with Crippen LogP contribution in [0.3, 0.4) is 0 Å². The van der Waals surface area contributed by atoms with Crippen molar-refractivity contribution in [3.63, 3.8) is 0 Å². The Morgan fingerprint density at radius 1 is 0.684 bits per heavy atom. The second kappa shape index (κ2) is 8.19. The first-order valence-corrected chi connectivity index (χ1v) is 13.4. The van der Waals surface area contributed by atoms with Crippen molar-refractivity contribution in [1.29, 1.82) is 0 Å². The highest BCUT2D eigenvalue weighted by atomic mass is 16.3. The molecule has 1 aliphatic heterocycles. The number of hydrogen-bond acceptors (Lipinski definition) is 2. The van der Waals surface area contributed by atoms with E-state index in [2.05, 4.69) is 121 Å². The minimum atomic E-state index is 0.0370. The summed E-state index contributed by atoms with van der Waals surface area (Å²) >= 11 is 0. The van der Waals surface area contributed by atoms with Gasteiger partial charge < -0.3 is 8.98 Å². The maximum atomic E-state index is 6.46. The molecular weight excluding hydrogens is 464 g/mol. The average molecular weight is 491 g/mol. The second-order valence-corrected chi connectivity index (χ2v) is 10.2. The lowest BCUT2D eigenvalue weighted by Crippen LogP contribution is -2.30. The molecule has 5 aromatic carbocycles. The Kier molecular flexibility index (Phi) is 4.62. The Morgan fingerprint density at radius 2 is 1.37 bits per heavy atom. The summed E-state index contributed by atoms with van der Waals surface area (Å²) in [6.07, 6.45) is 0.957. The Hall–Kier alpha value is -4.63. The van der Waals surface area contributed by atoms with Gasteiger partial charge in [0.1, 0.15) is 5.58 Å². The van der Waals surface area contributed by atoms with Crippen LogP contribution in [0, 0.1) is 5.92 Å². The molecule has 2 aromatic heterocycles. The average Bonchev–Trinajstić information content (AvgIpc) is 3.50. The van der Waals surface area contributed by atoms with Crippen molar-refractivity contribution in [2.24, 2.45) is 10.9 Å². The van der Waals surface area contributed by atoms with Gasteiger partial charge in [-0.3, -0.25) is 0 Å². The highest BCUT2D eigenvalue weighted by molar-refractivity contribution is 6.14. The normalized spacial score (nSPS) is 17.3. The van der Waals surface area contributed by atoms with Gasteiger partial charge in [0.15, 0.2) is 0 Å². The van der Waals surface area contributed by atoms with Crippen LogP contribution in [-0.4, -0.2) is 10.3 Å². The van der Waals surface area contributed by atoms with Gasteiger partial charge >= 0.3 is 0 Å². The highest BCUT2D eigenvalue weighted by Gasteiger charge is 2.39. The van der Waals surface area contributed by atoms with Crippen molar-refractivity contribution in [2.75, 3.05) is 0 Å². The Labute approximate surface area is 220 Å². The minimum absolute atomic E-state index is 0.0370. The fourth-order valence-electron chi connectivity index (χ4n) is 6.56. The Balaban J connectivity index is 1.52. The first-order chi connectivity index (χ1) is 18.8. The van der Waals surface area contributed by atoms with Crippen LogP contribution in [0.2, 0.25) is 0 Å². The molecule has 1 aliphatic rings. The molecule has 0 fully saturated rings. The molecule has 0 spiro atoms. The van der Waals surface area contributed by atoms with E-state index in [0.717, 1.165) is 34.5 Å². The maximum Gasteiger partial charge on any atom is 0.225 e. The summed E-state index contributed by atoms with van der Waals surface area (Å²) in [5, 5.41) is 6.23. The predicted molar refractivity (Wildman–Crippen MR) is 158 cm³/mol. The van der Waals surface area contributed by atoms with Gasteiger partial charge in [-0.05, 0) is 47.0 Å². The van der Waals surface area contributed by atoms with Gasteiger partial charge in [0.05, 0.1) is 17.3 Å². The number of furan rings is 1. The van der Waals surface area contributed by atoms with Crippen molar-refractivity contribution in [3.05, 3.63) is 126 Å². The Morgan fingerprint density at radius 3 is 2.18 bits per heavy atom. The first-order valence-electron chi connectivity index (χ1n) is 13.4. The summed E-state index contributed by atoms with van der Waals surface area (Å²) in [7, 11) is 0. The van der Waals surface area contributed by atoms with Crippen molar-refractivity contribution >= 4 is 55.1 Å². The summed E-state index contributed by atoms with van der Waals surface area (Å²) in [5.41, 5.74) is 6.81. The molecule has 7 aromatic rings. The van der Waals surface area contributed by atoms with Crippen LogP contribution in [0.5, 0.6) is 0 Å². The quantitative estimate of drug-likeness (QED) is 0.243. The number of hydrogen-bond donors (Lipinski definition) is 0. The molecule has 0 bridgehead atoms. The number of nitrogens with zero attached hydrogens (tertiary/aromatic N) is 2. The summed E-state index contributed by atoms with van der Waals surface area (Å²) < 4.78 is 9.03. The zero-order valence-electron chi connectivity index (χ0n) is 21.1. The lowest BCUT2D eigenvalue weighted by molar-refractivity contribution is 0.465. The minimum Gasteiger partial charge on any atom is -0.438 e. The summed E-state index contributed by atoms with van der Waals surface area (Å²) in [6.45, 7) is 2.28. The summed E-state index contributed by atoms with van der Waals surface area (Å²) in [5.74, 6) is 0.905. The van der Waals surface area contributed by atoms with Gasteiger partial charge in [-0.25, -0.2) is 4.99 Å². The van der Waals surface area contributed by atoms with Crippen LogP contribution in [0.25, 0.3) is 43.5 Å². The smallest absolute Gasteiger partial charge is 0.225 e. The van der Waals surface area contributed by atoms with Crippen molar-refractivity contribution in [2.45, 2.75) is 19.4 Å². The molecule has 3 heteroatoms. The molecule has 0 saturated heterocycles. The molecule has 0 amide bonds. The third-order valence-corrected chi connectivity index (χ3v) is 8.23. The van der Waals surface area contributed by atoms with Crippen LogP contribution in [0.1, 0.15) is 30.5 Å². The van der Waals surface area contributed by atoms with Crippen molar-refractivity contribution in [1.82, 2.24) is 4.57 Å². The summed E-state index contributed by atoms with van der Waals surface area (Å²) in [6, 6.07) is 41.2. The van der Waals surface area contributed by atoms with Crippen LogP contribution < -0.4 is 0 Å². The third kappa shape index (κ3) is 2.99. The lowest BCUT2D eigenvalue weighted by atomic mass is 9.81. The number of aliphatic imine (C=N–C) groups is 1. The summed E-state index contributed by atoms with van der Waals surface area (Å²) in [4.78, 5) is 5.21. The molecular formula is C35H26N2O. The number of para-hydroxylation sites is 2. The number of rotatable bonds is 3. The van der Waals surface area contributed by atoms with E-state index >= 15 is 0 Å². The maximum absolute atomic E-state index is 6.46. The predicted octanol–water partition coefficient (Wildman–Crippen LogP) is 9.44. The van der Waals surface area contributed by atoms with E-state index in [9.17, 15) is 0 Å². The molecule has 0 aliphatic carbocycles. The first kappa shape index (κ1) is 21.5. The third-order valence-electron chi connectivity index (χ3n) is 8.23. The molecule has 3 heterocycles. The molecule has 38 heavy (non-hydrogen) atoms. The van der Waals surface area contributed by atoms with E-state index in [-0.39, 0.29) is 12.0 Å². The van der Waals surface area contributed by atoms with E-state index in [1.54, 1.807) is 0 Å². The molecule has 0 N–H and O–H groups in total. The number of aromatic nitrogens is 1. The van der Waals surface area contributed by atoms with Crippen molar-refractivity contribution in [3.8, 4) is 0 Å². The fraction of sp³-hybridized carbons (Fsp3) is 0.114. The van der Waals surface area contributed by atoms with Crippen LogP contribution >= 0.6 is 0 Å². The zero-order chi connectivity index (χ0) is 25.2. The van der Waals surface area contributed by atoms with E-state index in [1.807, 2.05) is 6.07 Å². The van der Waals surface area contributed by atoms with Crippen LogP contribution in [0.15, 0.2) is 125 Å². The monoisotopic (exact) mass is 490 g/mol. The van der Waals surface area contributed by atoms with Gasteiger partial charge in [0, 0.05) is 33.2 Å². The van der Waals surface area contributed by atoms with Gasteiger partial charge in [-0.1, -0.05) is 97.9 Å². The standard InChI is InChI=1S/C35H26N2O/c1-2-25-33(22-12-4-3-5-13-22)36-35-32(27-17-9-11-19-31(27)38-35)34(25)37-29-18-10-8-16-26(29)28-20-23-14-6-7-15-24(23)21-30(28)37/h3-21,25,34H,2H2,1H3. The fourth-order valence-corrected chi connectivity index (χ4v) is 6.56. The second-order valence-electron chi connectivity index (χ2n) is 10.2. The molecule has 2 atom stereocenters. The molecule has 182 valence electrons. The van der Waals surface area contributed by atoms with Gasteiger partial charge in [0.25, 0.3) is 0 Å².